The van der Waals surface area contributed by atoms with Gasteiger partial charge in [0.2, 0.25) is 0 Å². The molecule has 3 rings (SSSR count). The quantitative estimate of drug-likeness (QED) is 0.488. The van der Waals surface area contributed by atoms with E-state index >= 15 is 0 Å². The lowest BCUT2D eigenvalue weighted by molar-refractivity contribution is 0.0927. The first kappa shape index (κ1) is 18.7. The summed E-state index contributed by atoms with van der Waals surface area (Å²) in [4.78, 5) is 28.6. The highest BCUT2D eigenvalue weighted by atomic mass is 32.2. The van der Waals surface area contributed by atoms with E-state index in [1.54, 1.807) is 24.4 Å². The lowest BCUT2D eigenvalue weighted by Gasteiger charge is -2.10. The molecule has 0 unspecified atom stereocenters. The zero-order chi connectivity index (χ0) is 19.1. The molecule has 7 heteroatoms. The van der Waals surface area contributed by atoms with Crippen LogP contribution in [0.2, 0.25) is 0 Å². The van der Waals surface area contributed by atoms with E-state index in [-0.39, 0.29) is 11.8 Å². The first-order valence-corrected chi connectivity index (χ1v) is 9.71. The molecule has 2 aromatic carbocycles. The summed E-state index contributed by atoms with van der Waals surface area (Å²) < 4.78 is 1.93. The molecule has 138 valence electrons. The number of hydrogen-bond donors (Lipinski definition) is 2. The van der Waals surface area contributed by atoms with Crippen molar-refractivity contribution in [3.05, 3.63) is 78.1 Å². The van der Waals surface area contributed by atoms with Crippen molar-refractivity contribution in [2.24, 2.45) is 0 Å². The molecule has 27 heavy (non-hydrogen) atoms. The molecule has 3 aromatic rings. The van der Waals surface area contributed by atoms with Crippen LogP contribution in [0.1, 0.15) is 20.7 Å². The number of nitrogens with one attached hydrogen (secondary N) is 2. The van der Waals surface area contributed by atoms with Gasteiger partial charge in [-0.25, -0.2) is 4.98 Å². The summed E-state index contributed by atoms with van der Waals surface area (Å²) in [6, 6.07) is 16.3. The van der Waals surface area contributed by atoms with E-state index in [4.69, 9.17) is 0 Å². The van der Waals surface area contributed by atoms with Gasteiger partial charge in [-0.2, -0.15) is 0 Å². The Balaban J connectivity index is 1.54. The molecular formula is C20H20N4O2S. The van der Waals surface area contributed by atoms with E-state index < -0.39 is 0 Å². The van der Waals surface area contributed by atoms with Crippen LogP contribution < -0.4 is 10.6 Å². The number of amides is 2. The first-order chi connectivity index (χ1) is 13.2. The molecule has 0 radical (unpaired) electrons. The highest BCUT2D eigenvalue weighted by Crippen LogP contribution is 2.18. The van der Waals surface area contributed by atoms with Crippen molar-refractivity contribution >= 4 is 23.6 Å². The first-order valence-electron chi connectivity index (χ1n) is 8.48. The van der Waals surface area contributed by atoms with Crippen molar-refractivity contribution < 1.29 is 9.59 Å². The maximum absolute atomic E-state index is 12.4. The summed E-state index contributed by atoms with van der Waals surface area (Å²) in [7, 11) is 0. The monoisotopic (exact) mass is 380 g/mol. The van der Waals surface area contributed by atoms with Crippen molar-refractivity contribution in [3.8, 4) is 5.69 Å². The van der Waals surface area contributed by atoms with Crippen molar-refractivity contribution in [3.63, 3.8) is 0 Å². The van der Waals surface area contributed by atoms with Gasteiger partial charge in [0.1, 0.15) is 0 Å². The summed E-state index contributed by atoms with van der Waals surface area (Å²) in [5.41, 5.74) is 2.03. The minimum atomic E-state index is -0.184. The Kier molecular flexibility index (Phi) is 6.27. The third-order valence-corrected chi connectivity index (χ3v) is 4.58. The SMILES string of the molecule is CSc1nccn1-c1cccc(C(=O)NCCNC(=O)c2ccccc2)c1. The van der Waals surface area contributed by atoms with E-state index in [0.29, 0.717) is 24.2 Å². The number of carbonyl (C=O) groups excluding carboxylic acids is 2. The van der Waals surface area contributed by atoms with Crippen LogP contribution >= 0.6 is 11.8 Å². The molecule has 0 aliphatic heterocycles. The smallest absolute Gasteiger partial charge is 0.251 e. The molecule has 1 aromatic heterocycles. The molecule has 2 N–H and O–H groups in total. The van der Waals surface area contributed by atoms with E-state index in [0.717, 1.165) is 10.8 Å². The van der Waals surface area contributed by atoms with Gasteiger partial charge in [-0.15, -0.1) is 0 Å². The molecule has 0 bridgehead atoms. The fraction of sp³-hybridized carbons (Fsp3) is 0.150. The average Bonchev–Trinajstić information content (AvgIpc) is 3.20. The summed E-state index contributed by atoms with van der Waals surface area (Å²) in [5, 5.41) is 6.47. The molecule has 0 aliphatic rings. The van der Waals surface area contributed by atoms with Gasteiger partial charge < -0.3 is 10.6 Å². The zero-order valence-electron chi connectivity index (χ0n) is 14.9. The van der Waals surface area contributed by atoms with Crippen LogP contribution in [0.25, 0.3) is 5.69 Å². The van der Waals surface area contributed by atoms with Gasteiger partial charge in [0.15, 0.2) is 5.16 Å². The summed E-state index contributed by atoms with van der Waals surface area (Å²) in [5.74, 6) is -0.340. The zero-order valence-corrected chi connectivity index (χ0v) is 15.7. The van der Waals surface area contributed by atoms with Crippen molar-refractivity contribution in [2.75, 3.05) is 19.3 Å². The van der Waals surface area contributed by atoms with Crippen LogP contribution in [-0.2, 0) is 0 Å². The second kappa shape index (κ2) is 9.05. The Hall–Kier alpha value is -3.06. The van der Waals surface area contributed by atoms with Crippen LogP contribution in [0, 0.1) is 0 Å². The number of hydrogen-bond acceptors (Lipinski definition) is 4. The van der Waals surface area contributed by atoms with Crippen molar-refractivity contribution in [1.29, 1.82) is 0 Å². The van der Waals surface area contributed by atoms with Gasteiger partial charge in [-0.1, -0.05) is 36.0 Å². The van der Waals surface area contributed by atoms with Crippen LogP contribution in [0.15, 0.2) is 72.1 Å². The Bertz CT molecular complexity index is 924. The van der Waals surface area contributed by atoms with Crippen LogP contribution in [0.3, 0.4) is 0 Å². The molecule has 1 heterocycles. The van der Waals surface area contributed by atoms with Crippen LogP contribution in [-0.4, -0.2) is 40.7 Å². The van der Waals surface area contributed by atoms with Gasteiger partial charge in [-0.05, 0) is 36.6 Å². The van der Waals surface area contributed by atoms with Gasteiger partial charge in [-0.3, -0.25) is 14.2 Å². The van der Waals surface area contributed by atoms with Gasteiger partial charge in [0.05, 0.1) is 0 Å². The Morgan fingerprint density at radius 1 is 0.963 bits per heavy atom. The fourth-order valence-corrected chi connectivity index (χ4v) is 3.11. The number of thioether (sulfide) groups is 1. The predicted octanol–water partition coefficient (Wildman–Crippen LogP) is 2.75. The number of carbonyl (C=O) groups is 2. The Labute approximate surface area is 162 Å². The van der Waals surface area contributed by atoms with E-state index in [1.807, 2.05) is 53.4 Å². The molecule has 0 spiro atoms. The second-order valence-electron chi connectivity index (χ2n) is 5.71. The number of imidazole rings is 1. The average molecular weight is 380 g/mol. The minimum Gasteiger partial charge on any atom is -0.350 e. The molecule has 2 amide bonds. The van der Waals surface area contributed by atoms with Crippen LogP contribution in [0.5, 0.6) is 0 Å². The van der Waals surface area contributed by atoms with Crippen LogP contribution in [0.4, 0.5) is 0 Å². The lowest BCUT2D eigenvalue weighted by Crippen LogP contribution is -2.34. The fourth-order valence-electron chi connectivity index (χ4n) is 2.58. The summed E-state index contributed by atoms with van der Waals surface area (Å²) in [6.07, 6.45) is 5.55. The molecule has 0 saturated heterocycles. The third-order valence-electron chi connectivity index (χ3n) is 3.91. The van der Waals surface area contributed by atoms with E-state index in [2.05, 4.69) is 15.6 Å². The largest absolute Gasteiger partial charge is 0.350 e. The number of aromatic nitrogens is 2. The predicted molar refractivity (Wildman–Crippen MR) is 106 cm³/mol. The standard InChI is InChI=1S/C20H20N4O2S/c1-27-20-23-12-13-24(20)17-9-5-8-16(14-17)19(26)22-11-10-21-18(25)15-6-3-2-4-7-15/h2-9,12-14H,10-11H2,1H3,(H,21,25)(H,22,26). The molecular weight excluding hydrogens is 360 g/mol. The van der Waals surface area contributed by atoms with Gasteiger partial charge >= 0.3 is 0 Å². The lowest BCUT2D eigenvalue weighted by atomic mass is 10.2. The Morgan fingerprint density at radius 2 is 1.63 bits per heavy atom. The minimum absolute atomic E-state index is 0.156. The second-order valence-corrected chi connectivity index (χ2v) is 6.49. The van der Waals surface area contributed by atoms with Crippen molar-refractivity contribution in [1.82, 2.24) is 20.2 Å². The third kappa shape index (κ3) is 4.77. The molecule has 0 saturated carbocycles. The maximum Gasteiger partial charge on any atom is 0.251 e. The van der Waals surface area contributed by atoms with Gasteiger partial charge in [0.25, 0.3) is 11.8 Å². The topological polar surface area (TPSA) is 76.0 Å². The summed E-state index contributed by atoms with van der Waals surface area (Å²) in [6.45, 7) is 0.708. The maximum atomic E-state index is 12.4. The Morgan fingerprint density at radius 3 is 2.33 bits per heavy atom. The van der Waals surface area contributed by atoms with E-state index in [9.17, 15) is 9.59 Å². The highest BCUT2D eigenvalue weighted by Gasteiger charge is 2.09. The number of benzene rings is 2. The van der Waals surface area contributed by atoms with E-state index in [1.165, 1.54) is 11.8 Å². The molecule has 0 fully saturated rings. The molecule has 0 atom stereocenters. The molecule has 0 aliphatic carbocycles. The summed E-state index contributed by atoms with van der Waals surface area (Å²) >= 11 is 1.54. The highest BCUT2D eigenvalue weighted by molar-refractivity contribution is 7.98. The normalized spacial score (nSPS) is 10.4. The number of nitrogens with zero attached hydrogens (tertiary/aromatic N) is 2. The molecule has 6 nitrogen and oxygen atoms in total. The van der Waals surface area contributed by atoms with Gasteiger partial charge in [0, 0.05) is 42.3 Å². The number of rotatable bonds is 7. The van der Waals surface area contributed by atoms with Crippen molar-refractivity contribution in [2.45, 2.75) is 5.16 Å².